The molecule has 3 aliphatic rings. The maximum atomic E-state index is 15.6. The molecule has 0 spiro atoms. The van der Waals surface area contributed by atoms with Crippen molar-refractivity contribution in [2.75, 3.05) is 18.4 Å². The lowest BCUT2D eigenvalue weighted by Gasteiger charge is -2.32. The van der Waals surface area contributed by atoms with Crippen LogP contribution in [0.3, 0.4) is 0 Å². The lowest BCUT2D eigenvalue weighted by molar-refractivity contribution is -0.136. The van der Waals surface area contributed by atoms with Crippen LogP contribution in [0, 0.1) is 5.82 Å². The summed E-state index contributed by atoms with van der Waals surface area (Å²) in [4.78, 5) is 78.4. The van der Waals surface area contributed by atoms with E-state index in [4.69, 9.17) is 23.2 Å². The number of anilines is 1. The normalized spacial score (nSPS) is 18.8. The Morgan fingerprint density at radius 2 is 1.70 bits per heavy atom. The van der Waals surface area contributed by atoms with E-state index in [0.717, 1.165) is 4.90 Å². The topological polar surface area (TPSA) is 174 Å². The maximum Gasteiger partial charge on any atom is 0.274 e. The van der Waals surface area contributed by atoms with Crippen LogP contribution in [0.2, 0.25) is 10.0 Å². The number of aromatic nitrogens is 2. The van der Waals surface area contributed by atoms with Crippen molar-refractivity contribution < 1.29 is 33.2 Å². The second-order valence-corrected chi connectivity index (χ2v) is 11.9. The molecule has 2 fully saturated rings. The van der Waals surface area contributed by atoms with E-state index in [2.05, 4.69) is 26.1 Å². The molecule has 3 aliphatic heterocycles. The number of hydrogen-bond acceptors (Lipinski definition) is 8. The first-order chi connectivity index (χ1) is 22.0. The quantitative estimate of drug-likeness (QED) is 0.278. The van der Waals surface area contributed by atoms with Gasteiger partial charge in [-0.25, -0.2) is 4.39 Å². The van der Waals surface area contributed by atoms with Crippen LogP contribution in [0.5, 0.6) is 0 Å². The van der Waals surface area contributed by atoms with Crippen molar-refractivity contribution in [1.29, 1.82) is 0 Å². The Morgan fingerprint density at radius 3 is 2.39 bits per heavy atom. The van der Waals surface area contributed by atoms with E-state index < -0.39 is 47.3 Å². The number of hydrogen-bond donors (Lipinski definition) is 4. The van der Waals surface area contributed by atoms with Gasteiger partial charge in [-0.15, -0.1) is 0 Å². The van der Waals surface area contributed by atoms with Crippen molar-refractivity contribution in [3.8, 4) is 0 Å². The summed E-state index contributed by atoms with van der Waals surface area (Å²) >= 11 is 12.2. The minimum atomic E-state index is -1.18. The van der Waals surface area contributed by atoms with Crippen LogP contribution in [-0.4, -0.2) is 80.6 Å². The van der Waals surface area contributed by atoms with Crippen molar-refractivity contribution in [1.82, 2.24) is 30.6 Å². The van der Waals surface area contributed by atoms with Crippen LogP contribution in [-0.2, 0) is 16.1 Å². The molecule has 3 aromatic rings. The zero-order chi connectivity index (χ0) is 32.7. The number of H-pyrrole nitrogens is 1. The number of carbonyl (C=O) groups is 6. The smallest absolute Gasteiger partial charge is 0.274 e. The Balaban J connectivity index is 1.05. The maximum absolute atomic E-state index is 15.6. The standard InChI is InChI=1S/C30H26Cl2FN7O6/c31-17-2-1-3-18(32)23(17)27(43)36-19-12-34-38-25(19)28(44)35-15-8-10-39(11-9-15)13-14-4-5-16-22(24(14)33)30(46)40(29(16)45)20-6-7-21(41)37-26(20)42/h1-5,12,15,20H,6-11,13H2,(H,34,38)(H,35,44)(H,36,43)(H,37,41,42). The van der Waals surface area contributed by atoms with Gasteiger partial charge in [0, 0.05) is 43.9 Å². The number of nitrogens with zero attached hydrogens (tertiary/aromatic N) is 3. The van der Waals surface area contributed by atoms with Gasteiger partial charge in [0.2, 0.25) is 11.8 Å². The first-order valence-corrected chi connectivity index (χ1v) is 15.1. The third-order valence-electron chi connectivity index (χ3n) is 8.24. The number of imide groups is 2. The van der Waals surface area contributed by atoms with Gasteiger partial charge >= 0.3 is 0 Å². The highest BCUT2D eigenvalue weighted by Gasteiger charge is 2.46. The van der Waals surface area contributed by atoms with Gasteiger partial charge in [-0.3, -0.25) is 49.0 Å². The lowest BCUT2D eigenvalue weighted by atomic mass is 10.0. The molecule has 46 heavy (non-hydrogen) atoms. The van der Waals surface area contributed by atoms with Gasteiger partial charge in [-0.2, -0.15) is 5.10 Å². The minimum Gasteiger partial charge on any atom is -0.348 e. The highest BCUT2D eigenvalue weighted by atomic mass is 35.5. The molecule has 0 aliphatic carbocycles. The number of rotatable bonds is 7. The largest absolute Gasteiger partial charge is 0.348 e. The summed E-state index contributed by atoms with van der Waals surface area (Å²) in [7, 11) is 0. The van der Waals surface area contributed by atoms with E-state index in [0.29, 0.717) is 25.9 Å². The minimum absolute atomic E-state index is 0.0234. The second kappa shape index (κ2) is 12.6. The molecule has 0 saturated carbocycles. The van der Waals surface area contributed by atoms with Crippen LogP contribution in [0.1, 0.15) is 72.8 Å². The first-order valence-electron chi connectivity index (χ1n) is 14.4. The third-order valence-corrected chi connectivity index (χ3v) is 8.87. The van der Waals surface area contributed by atoms with Gasteiger partial charge in [0.15, 0.2) is 5.69 Å². The number of piperidine rings is 2. The molecule has 6 amide bonds. The fourth-order valence-electron chi connectivity index (χ4n) is 5.87. The number of benzene rings is 2. The molecule has 2 saturated heterocycles. The molecule has 2 aromatic carbocycles. The number of nitrogens with one attached hydrogen (secondary N) is 4. The molecule has 238 valence electrons. The van der Waals surface area contributed by atoms with E-state index in [9.17, 15) is 28.8 Å². The Bertz CT molecular complexity index is 1790. The number of fused-ring (bicyclic) bond motifs is 1. The Hall–Kier alpha value is -4.66. The fraction of sp³-hybridized carbons (Fsp3) is 0.300. The molecular formula is C30H26Cl2FN7O6. The fourth-order valence-corrected chi connectivity index (χ4v) is 6.44. The van der Waals surface area contributed by atoms with Crippen LogP contribution in [0.4, 0.5) is 10.1 Å². The summed E-state index contributed by atoms with van der Waals surface area (Å²) < 4.78 is 15.6. The Kier molecular flexibility index (Phi) is 8.59. The molecule has 0 radical (unpaired) electrons. The van der Waals surface area contributed by atoms with Gasteiger partial charge in [0.1, 0.15) is 11.9 Å². The summed E-state index contributed by atoms with van der Waals surface area (Å²) in [5.41, 5.74) is -0.109. The monoisotopic (exact) mass is 669 g/mol. The SMILES string of the molecule is O=C1CCC(N2C(=O)c3ccc(CN4CCC(NC(=O)c5n[nH]cc5NC(=O)c5c(Cl)cccc5Cl)CC4)c(F)c3C2=O)C(=O)N1. The van der Waals surface area contributed by atoms with Crippen molar-refractivity contribution in [2.24, 2.45) is 0 Å². The summed E-state index contributed by atoms with van der Waals surface area (Å²) in [6.07, 6.45) is 2.37. The number of amides is 6. The van der Waals surface area contributed by atoms with Crippen molar-refractivity contribution >= 4 is 64.3 Å². The molecule has 6 rings (SSSR count). The van der Waals surface area contributed by atoms with Gasteiger partial charge < -0.3 is 10.6 Å². The number of aromatic amines is 1. The highest BCUT2D eigenvalue weighted by molar-refractivity contribution is 6.40. The molecule has 16 heteroatoms. The second-order valence-electron chi connectivity index (χ2n) is 11.1. The van der Waals surface area contributed by atoms with Crippen LogP contribution in [0.15, 0.2) is 36.5 Å². The molecule has 4 heterocycles. The summed E-state index contributed by atoms with van der Waals surface area (Å²) in [5, 5.41) is 14.5. The zero-order valence-electron chi connectivity index (χ0n) is 24.0. The van der Waals surface area contributed by atoms with Crippen LogP contribution in [0.25, 0.3) is 0 Å². The van der Waals surface area contributed by atoms with E-state index in [1.807, 2.05) is 4.90 Å². The Morgan fingerprint density at radius 1 is 0.978 bits per heavy atom. The summed E-state index contributed by atoms with van der Waals surface area (Å²) in [6, 6.07) is 6.07. The first kappa shape index (κ1) is 31.3. The molecule has 13 nitrogen and oxygen atoms in total. The van der Waals surface area contributed by atoms with Crippen molar-refractivity contribution in [3.63, 3.8) is 0 Å². The third kappa shape index (κ3) is 5.86. The summed E-state index contributed by atoms with van der Waals surface area (Å²) in [6.45, 7) is 1.14. The average molecular weight is 670 g/mol. The van der Waals surface area contributed by atoms with E-state index >= 15 is 4.39 Å². The zero-order valence-corrected chi connectivity index (χ0v) is 25.5. The van der Waals surface area contributed by atoms with E-state index in [1.54, 1.807) is 6.07 Å². The van der Waals surface area contributed by atoms with E-state index in [-0.39, 0.29) is 69.1 Å². The van der Waals surface area contributed by atoms with Gasteiger partial charge in [0.05, 0.1) is 32.4 Å². The Labute approximate surface area is 270 Å². The average Bonchev–Trinajstić information content (AvgIpc) is 3.57. The predicted molar refractivity (Wildman–Crippen MR) is 162 cm³/mol. The number of likely N-dealkylation sites (tertiary alicyclic amines) is 1. The van der Waals surface area contributed by atoms with Gasteiger partial charge in [-0.05, 0) is 37.5 Å². The lowest BCUT2D eigenvalue weighted by Crippen LogP contribution is -2.54. The van der Waals surface area contributed by atoms with Crippen LogP contribution < -0.4 is 16.0 Å². The predicted octanol–water partition coefficient (Wildman–Crippen LogP) is 2.90. The summed E-state index contributed by atoms with van der Waals surface area (Å²) in [5.74, 6) is -4.88. The van der Waals surface area contributed by atoms with Gasteiger partial charge in [0.25, 0.3) is 23.6 Å². The molecule has 0 bridgehead atoms. The van der Waals surface area contributed by atoms with Crippen molar-refractivity contribution in [3.05, 3.63) is 80.3 Å². The van der Waals surface area contributed by atoms with Crippen molar-refractivity contribution in [2.45, 2.75) is 44.3 Å². The number of halogens is 3. The molecule has 1 atom stereocenters. The highest BCUT2D eigenvalue weighted by Crippen LogP contribution is 2.32. The molecule has 1 unspecified atom stereocenters. The van der Waals surface area contributed by atoms with Crippen LogP contribution >= 0.6 is 23.2 Å². The molecular weight excluding hydrogens is 644 g/mol. The molecule has 4 N–H and O–H groups in total. The number of carbonyl (C=O) groups excluding carboxylic acids is 6. The van der Waals surface area contributed by atoms with E-state index in [1.165, 1.54) is 30.5 Å². The molecule has 1 aromatic heterocycles. The van der Waals surface area contributed by atoms with Gasteiger partial charge in [-0.1, -0.05) is 35.3 Å².